The zero-order chi connectivity index (χ0) is 12.5. The predicted octanol–water partition coefficient (Wildman–Crippen LogP) is 3.93. The maximum absolute atomic E-state index is 3.86. The minimum absolute atomic E-state index is 0.518. The highest BCUT2D eigenvalue weighted by molar-refractivity contribution is 7.99. The van der Waals surface area contributed by atoms with E-state index >= 15 is 0 Å². The average Bonchev–Trinajstić information content (AvgIpc) is 2.61. The Morgan fingerprint density at radius 1 is 1.12 bits per heavy atom. The van der Waals surface area contributed by atoms with E-state index < -0.39 is 0 Å². The normalized spacial score (nSPS) is 32.8. The van der Waals surface area contributed by atoms with Crippen molar-refractivity contribution < 1.29 is 0 Å². The van der Waals surface area contributed by atoms with Crippen molar-refractivity contribution >= 4 is 11.8 Å². The molecular weight excluding hydrogens is 226 g/mol. The number of hydrogen-bond acceptors (Lipinski definition) is 2. The summed E-state index contributed by atoms with van der Waals surface area (Å²) >= 11 is 2.13. The largest absolute Gasteiger partial charge is 0.314 e. The summed E-state index contributed by atoms with van der Waals surface area (Å²) in [6.45, 7) is 11.0. The fourth-order valence-electron chi connectivity index (χ4n) is 4.07. The highest BCUT2D eigenvalue weighted by Gasteiger charge is 2.38. The van der Waals surface area contributed by atoms with Crippen LogP contribution in [0.1, 0.15) is 53.4 Å². The lowest BCUT2D eigenvalue weighted by atomic mass is 9.63. The van der Waals surface area contributed by atoms with Crippen molar-refractivity contribution in [2.24, 2.45) is 16.7 Å². The van der Waals surface area contributed by atoms with Gasteiger partial charge in [0, 0.05) is 6.04 Å². The summed E-state index contributed by atoms with van der Waals surface area (Å²) in [7, 11) is 0. The van der Waals surface area contributed by atoms with Crippen LogP contribution in [0.2, 0.25) is 0 Å². The first kappa shape index (κ1) is 13.7. The minimum atomic E-state index is 0.518. The van der Waals surface area contributed by atoms with Crippen LogP contribution >= 0.6 is 11.8 Å². The summed E-state index contributed by atoms with van der Waals surface area (Å²) in [5.41, 5.74) is 1.04. The molecule has 0 aromatic carbocycles. The number of nitrogens with one attached hydrogen (secondary N) is 1. The second kappa shape index (κ2) is 5.13. The first-order chi connectivity index (χ1) is 7.86. The van der Waals surface area contributed by atoms with E-state index in [2.05, 4.69) is 44.8 Å². The SMILES string of the molecule is CC1(C)CC(NCC2CCSC2)CC(C)(C)C1. The molecule has 1 atom stereocenters. The minimum Gasteiger partial charge on any atom is -0.314 e. The standard InChI is InChI=1S/C15H29NS/c1-14(2)7-13(8-15(3,4)11-14)16-9-12-5-6-17-10-12/h12-13,16H,5-11H2,1-4H3. The Morgan fingerprint density at radius 2 is 1.76 bits per heavy atom. The Kier molecular flexibility index (Phi) is 4.14. The van der Waals surface area contributed by atoms with Gasteiger partial charge in [0.15, 0.2) is 0 Å². The molecule has 0 bridgehead atoms. The van der Waals surface area contributed by atoms with E-state index in [0.29, 0.717) is 10.8 Å². The monoisotopic (exact) mass is 255 g/mol. The van der Waals surface area contributed by atoms with E-state index in [0.717, 1.165) is 12.0 Å². The molecule has 2 aliphatic rings. The van der Waals surface area contributed by atoms with Gasteiger partial charge in [-0.1, -0.05) is 27.7 Å². The summed E-state index contributed by atoms with van der Waals surface area (Å²) in [6, 6.07) is 0.749. The molecule has 2 fully saturated rings. The van der Waals surface area contributed by atoms with Crippen LogP contribution in [-0.4, -0.2) is 24.1 Å². The van der Waals surface area contributed by atoms with Gasteiger partial charge in [-0.15, -0.1) is 0 Å². The van der Waals surface area contributed by atoms with Crippen LogP contribution in [0.25, 0.3) is 0 Å². The van der Waals surface area contributed by atoms with Gasteiger partial charge in [0.25, 0.3) is 0 Å². The summed E-state index contributed by atoms with van der Waals surface area (Å²) in [4.78, 5) is 0. The number of thioether (sulfide) groups is 1. The Morgan fingerprint density at radius 3 is 2.29 bits per heavy atom. The lowest BCUT2D eigenvalue weighted by Crippen LogP contribution is -2.45. The van der Waals surface area contributed by atoms with Gasteiger partial charge in [0.05, 0.1) is 0 Å². The first-order valence-electron chi connectivity index (χ1n) is 7.18. The van der Waals surface area contributed by atoms with Gasteiger partial charge in [-0.05, 0) is 60.5 Å². The van der Waals surface area contributed by atoms with Gasteiger partial charge in [-0.25, -0.2) is 0 Å². The summed E-state index contributed by atoms with van der Waals surface area (Å²) in [5, 5.41) is 3.86. The maximum atomic E-state index is 3.86. The zero-order valence-corrected chi connectivity index (χ0v) is 12.8. The van der Waals surface area contributed by atoms with E-state index in [4.69, 9.17) is 0 Å². The lowest BCUT2D eigenvalue weighted by molar-refractivity contribution is 0.0838. The molecule has 1 saturated heterocycles. The van der Waals surface area contributed by atoms with Gasteiger partial charge >= 0.3 is 0 Å². The predicted molar refractivity (Wildman–Crippen MR) is 78.6 cm³/mol. The number of rotatable bonds is 3. The van der Waals surface area contributed by atoms with Gasteiger partial charge in [-0.2, -0.15) is 11.8 Å². The molecule has 1 aliphatic heterocycles. The molecule has 0 aromatic heterocycles. The van der Waals surface area contributed by atoms with Crippen molar-refractivity contribution in [1.82, 2.24) is 5.32 Å². The molecule has 100 valence electrons. The molecule has 1 N–H and O–H groups in total. The van der Waals surface area contributed by atoms with E-state index in [1.54, 1.807) is 0 Å². The third-order valence-corrected chi connectivity index (χ3v) is 5.51. The molecule has 1 saturated carbocycles. The Bertz CT molecular complexity index is 238. The van der Waals surface area contributed by atoms with Crippen LogP contribution in [0.15, 0.2) is 0 Å². The molecule has 0 aromatic rings. The fraction of sp³-hybridized carbons (Fsp3) is 1.00. The third kappa shape index (κ3) is 4.17. The molecule has 0 spiro atoms. The van der Waals surface area contributed by atoms with Gasteiger partial charge < -0.3 is 5.32 Å². The van der Waals surface area contributed by atoms with Crippen LogP contribution in [0.3, 0.4) is 0 Å². The summed E-state index contributed by atoms with van der Waals surface area (Å²) in [5.74, 6) is 3.70. The fourth-order valence-corrected chi connectivity index (χ4v) is 5.35. The van der Waals surface area contributed by atoms with Crippen molar-refractivity contribution in [1.29, 1.82) is 0 Å². The van der Waals surface area contributed by atoms with Crippen LogP contribution in [0, 0.1) is 16.7 Å². The highest BCUT2D eigenvalue weighted by Crippen LogP contribution is 2.45. The van der Waals surface area contributed by atoms with E-state index in [1.807, 2.05) is 0 Å². The summed E-state index contributed by atoms with van der Waals surface area (Å²) in [6.07, 6.45) is 5.52. The Balaban J connectivity index is 1.83. The number of hydrogen-bond donors (Lipinski definition) is 1. The molecule has 1 heterocycles. The van der Waals surface area contributed by atoms with Crippen LogP contribution < -0.4 is 5.32 Å². The van der Waals surface area contributed by atoms with Crippen molar-refractivity contribution in [3.8, 4) is 0 Å². The highest BCUT2D eigenvalue weighted by atomic mass is 32.2. The molecule has 2 rings (SSSR count). The molecular formula is C15H29NS. The van der Waals surface area contributed by atoms with Crippen LogP contribution in [0.4, 0.5) is 0 Å². The van der Waals surface area contributed by atoms with Gasteiger partial charge in [0.2, 0.25) is 0 Å². The Hall–Kier alpha value is 0.310. The van der Waals surface area contributed by atoms with Crippen molar-refractivity contribution in [3.05, 3.63) is 0 Å². The second-order valence-electron chi connectivity index (χ2n) is 7.75. The molecule has 1 aliphatic carbocycles. The quantitative estimate of drug-likeness (QED) is 0.820. The average molecular weight is 255 g/mol. The molecule has 0 amide bonds. The van der Waals surface area contributed by atoms with Crippen LogP contribution in [-0.2, 0) is 0 Å². The van der Waals surface area contributed by atoms with E-state index in [-0.39, 0.29) is 0 Å². The summed E-state index contributed by atoms with van der Waals surface area (Å²) < 4.78 is 0. The molecule has 2 heteroatoms. The first-order valence-corrected chi connectivity index (χ1v) is 8.33. The van der Waals surface area contributed by atoms with E-state index in [9.17, 15) is 0 Å². The molecule has 1 nitrogen and oxygen atoms in total. The topological polar surface area (TPSA) is 12.0 Å². The Labute approximate surface area is 112 Å². The maximum Gasteiger partial charge on any atom is 0.00773 e. The molecule has 1 unspecified atom stereocenters. The molecule has 17 heavy (non-hydrogen) atoms. The van der Waals surface area contributed by atoms with Crippen LogP contribution in [0.5, 0.6) is 0 Å². The smallest absolute Gasteiger partial charge is 0.00773 e. The third-order valence-electron chi connectivity index (χ3n) is 4.27. The second-order valence-corrected chi connectivity index (χ2v) is 8.90. The van der Waals surface area contributed by atoms with Gasteiger partial charge in [0.1, 0.15) is 0 Å². The van der Waals surface area contributed by atoms with Crippen molar-refractivity contribution in [2.75, 3.05) is 18.1 Å². The van der Waals surface area contributed by atoms with Crippen molar-refractivity contribution in [2.45, 2.75) is 59.4 Å². The molecule has 0 radical (unpaired) electrons. The van der Waals surface area contributed by atoms with Crippen molar-refractivity contribution in [3.63, 3.8) is 0 Å². The lowest BCUT2D eigenvalue weighted by Gasteiger charge is -2.45. The zero-order valence-electron chi connectivity index (χ0n) is 12.0. The van der Waals surface area contributed by atoms with E-state index in [1.165, 1.54) is 43.7 Å². The van der Waals surface area contributed by atoms with Gasteiger partial charge in [-0.3, -0.25) is 0 Å².